The van der Waals surface area contributed by atoms with Crippen LogP contribution < -0.4 is 5.56 Å². The lowest BCUT2D eigenvalue weighted by Gasteiger charge is -1.90. The molecule has 1 N–H and O–H groups in total. The van der Waals surface area contributed by atoms with Crippen LogP contribution in [0.4, 0.5) is 0 Å². The average molecular weight is 178 g/mol. The highest BCUT2D eigenvalue weighted by Gasteiger charge is 2.03. The van der Waals surface area contributed by atoms with E-state index >= 15 is 0 Å². The number of hydrogen-bond acceptors (Lipinski definition) is 3. The topological polar surface area (TPSA) is 45.8 Å². The van der Waals surface area contributed by atoms with Gasteiger partial charge in [0.25, 0.3) is 5.56 Å². The zero-order valence-corrected chi connectivity index (χ0v) is 6.97. The second-order valence-electron chi connectivity index (χ2n) is 2.33. The molecule has 1 aromatic heterocycles. The average Bonchev–Trinajstić information content (AvgIpc) is 2.53. The van der Waals surface area contributed by atoms with Crippen LogP contribution in [0.1, 0.15) is 0 Å². The van der Waals surface area contributed by atoms with Crippen LogP contribution in [0.25, 0.3) is 11.3 Å². The maximum Gasteiger partial charge on any atom is 0.285 e. The molecule has 0 unspecified atom stereocenters. The molecule has 12 heavy (non-hydrogen) atoms. The van der Waals surface area contributed by atoms with Crippen LogP contribution in [-0.2, 0) is 0 Å². The van der Waals surface area contributed by atoms with Crippen LogP contribution in [0.3, 0.4) is 0 Å². The minimum absolute atomic E-state index is 0.119. The Morgan fingerprint density at radius 1 is 1.25 bits per heavy atom. The van der Waals surface area contributed by atoms with Crippen LogP contribution in [0.5, 0.6) is 0 Å². The molecule has 0 aliphatic rings. The third-order valence-corrected chi connectivity index (χ3v) is 2.09. The second kappa shape index (κ2) is 2.91. The number of aromatic nitrogens is 2. The highest BCUT2D eigenvalue weighted by molar-refractivity contribution is 6.99. The quantitative estimate of drug-likeness (QED) is 0.719. The number of nitrogens with zero attached hydrogens (tertiary/aromatic N) is 1. The largest absolute Gasteiger partial charge is 0.285 e. The lowest BCUT2D eigenvalue weighted by Crippen LogP contribution is -2.00. The molecule has 0 fully saturated rings. The van der Waals surface area contributed by atoms with Gasteiger partial charge in [0.05, 0.1) is 0 Å². The van der Waals surface area contributed by atoms with Crippen molar-refractivity contribution in [3.05, 3.63) is 40.7 Å². The van der Waals surface area contributed by atoms with Gasteiger partial charge in [0, 0.05) is 17.3 Å². The van der Waals surface area contributed by atoms with Gasteiger partial charge < -0.3 is 0 Å². The van der Waals surface area contributed by atoms with Gasteiger partial charge >= 0.3 is 0 Å². The van der Waals surface area contributed by atoms with E-state index in [1.54, 1.807) is 0 Å². The lowest BCUT2D eigenvalue weighted by atomic mass is 10.2. The number of H-pyrrole nitrogens is 1. The fraction of sp³-hybridized carbons (Fsp3) is 0. The summed E-state index contributed by atoms with van der Waals surface area (Å²) in [7, 11) is 0. The third kappa shape index (κ3) is 1.16. The highest BCUT2D eigenvalue weighted by atomic mass is 32.1. The van der Waals surface area contributed by atoms with Gasteiger partial charge in [-0.15, -0.1) is 0 Å². The SMILES string of the molecule is O=c1[nH]snc1-c1ccccc1. The van der Waals surface area contributed by atoms with E-state index in [0.717, 1.165) is 17.3 Å². The first kappa shape index (κ1) is 7.24. The van der Waals surface area contributed by atoms with E-state index < -0.39 is 0 Å². The normalized spacial score (nSPS) is 10.0. The Kier molecular flexibility index (Phi) is 1.75. The number of rotatable bonds is 1. The van der Waals surface area contributed by atoms with Gasteiger partial charge in [0.15, 0.2) is 5.69 Å². The molecule has 2 aromatic rings. The molecule has 4 heteroatoms. The Labute approximate surface area is 73.0 Å². The Hall–Kier alpha value is -1.42. The second-order valence-corrected chi connectivity index (χ2v) is 2.90. The molecular weight excluding hydrogens is 172 g/mol. The van der Waals surface area contributed by atoms with Crippen LogP contribution in [0, 0.1) is 0 Å². The van der Waals surface area contributed by atoms with Crippen molar-refractivity contribution in [3.8, 4) is 11.3 Å². The summed E-state index contributed by atoms with van der Waals surface area (Å²) in [6.45, 7) is 0. The summed E-state index contributed by atoms with van der Waals surface area (Å²) in [4.78, 5) is 11.1. The monoisotopic (exact) mass is 178 g/mol. The van der Waals surface area contributed by atoms with Crippen LogP contribution in [0.2, 0.25) is 0 Å². The molecule has 0 bridgehead atoms. The van der Waals surface area contributed by atoms with Gasteiger partial charge in [-0.25, -0.2) is 0 Å². The predicted molar refractivity (Wildman–Crippen MR) is 48.2 cm³/mol. The first-order valence-corrected chi connectivity index (χ1v) is 4.25. The molecule has 0 saturated heterocycles. The molecule has 0 spiro atoms. The fourth-order valence-electron chi connectivity index (χ4n) is 0.980. The third-order valence-electron chi connectivity index (χ3n) is 1.54. The lowest BCUT2D eigenvalue weighted by molar-refractivity contribution is 1.39. The van der Waals surface area contributed by atoms with Gasteiger partial charge in [-0.05, 0) is 0 Å². The molecule has 0 atom stereocenters. The van der Waals surface area contributed by atoms with Crippen molar-refractivity contribution in [2.45, 2.75) is 0 Å². The molecular formula is C8H6N2OS. The van der Waals surface area contributed by atoms with E-state index in [2.05, 4.69) is 8.75 Å². The van der Waals surface area contributed by atoms with Crippen molar-refractivity contribution < 1.29 is 0 Å². The smallest absolute Gasteiger partial charge is 0.266 e. The zero-order valence-electron chi connectivity index (χ0n) is 6.15. The maximum absolute atomic E-state index is 11.1. The van der Waals surface area contributed by atoms with E-state index in [1.807, 2.05) is 30.3 Å². The molecule has 2 rings (SSSR count). The summed E-state index contributed by atoms with van der Waals surface area (Å²) in [5.74, 6) is 0. The Bertz CT molecular complexity index is 418. The van der Waals surface area contributed by atoms with Crippen molar-refractivity contribution in [2.75, 3.05) is 0 Å². The van der Waals surface area contributed by atoms with Crippen LogP contribution in [0.15, 0.2) is 35.1 Å². The summed E-state index contributed by atoms with van der Waals surface area (Å²) in [5, 5.41) is 0. The molecule has 0 radical (unpaired) electrons. The van der Waals surface area contributed by atoms with E-state index in [9.17, 15) is 4.79 Å². The van der Waals surface area contributed by atoms with Gasteiger partial charge in [-0.3, -0.25) is 9.17 Å². The summed E-state index contributed by atoms with van der Waals surface area (Å²) in [6, 6.07) is 9.40. The van der Waals surface area contributed by atoms with Crippen molar-refractivity contribution in [1.82, 2.24) is 8.75 Å². The van der Waals surface area contributed by atoms with Gasteiger partial charge in [0.2, 0.25) is 0 Å². The number of benzene rings is 1. The Morgan fingerprint density at radius 3 is 2.58 bits per heavy atom. The molecule has 0 saturated carbocycles. The summed E-state index contributed by atoms with van der Waals surface area (Å²) >= 11 is 1.07. The van der Waals surface area contributed by atoms with Crippen LogP contribution >= 0.6 is 11.7 Å². The van der Waals surface area contributed by atoms with E-state index in [4.69, 9.17) is 0 Å². The molecule has 60 valence electrons. The summed E-state index contributed by atoms with van der Waals surface area (Å²) in [6.07, 6.45) is 0. The number of aromatic amines is 1. The number of nitrogens with one attached hydrogen (secondary N) is 1. The van der Waals surface area contributed by atoms with Gasteiger partial charge in [0.1, 0.15) is 0 Å². The first-order chi connectivity index (χ1) is 5.88. The first-order valence-electron chi connectivity index (χ1n) is 3.48. The number of hydrogen-bond donors (Lipinski definition) is 1. The molecule has 0 amide bonds. The summed E-state index contributed by atoms with van der Waals surface area (Å²) in [5.41, 5.74) is 1.24. The zero-order chi connectivity index (χ0) is 8.39. The fourth-order valence-corrected chi connectivity index (χ4v) is 1.48. The maximum atomic E-state index is 11.1. The molecule has 0 aliphatic carbocycles. The molecule has 0 aliphatic heterocycles. The minimum atomic E-state index is -0.119. The Morgan fingerprint density at radius 2 is 2.00 bits per heavy atom. The van der Waals surface area contributed by atoms with Crippen LogP contribution in [-0.4, -0.2) is 8.75 Å². The van der Waals surface area contributed by atoms with Crippen molar-refractivity contribution >= 4 is 11.7 Å². The predicted octanol–water partition coefficient (Wildman–Crippen LogP) is 1.50. The molecule has 1 aromatic carbocycles. The van der Waals surface area contributed by atoms with Crippen molar-refractivity contribution in [3.63, 3.8) is 0 Å². The van der Waals surface area contributed by atoms with Crippen molar-refractivity contribution in [1.29, 1.82) is 0 Å². The van der Waals surface area contributed by atoms with Crippen molar-refractivity contribution in [2.24, 2.45) is 0 Å². The molecule has 1 heterocycles. The van der Waals surface area contributed by atoms with E-state index in [0.29, 0.717) is 5.69 Å². The standard InChI is InChI=1S/C8H6N2OS/c11-8-7(9-12-10-8)6-4-2-1-3-5-6/h1-5H,(H,10,11). The van der Waals surface area contributed by atoms with Gasteiger partial charge in [-0.1, -0.05) is 30.3 Å². The van der Waals surface area contributed by atoms with Gasteiger partial charge in [-0.2, -0.15) is 4.37 Å². The Balaban J connectivity index is 2.59. The summed E-state index contributed by atoms with van der Waals surface area (Å²) < 4.78 is 6.50. The minimum Gasteiger partial charge on any atom is -0.266 e. The van der Waals surface area contributed by atoms with E-state index in [1.165, 1.54) is 0 Å². The highest BCUT2D eigenvalue weighted by Crippen LogP contribution is 2.11. The molecule has 3 nitrogen and oxygen atoms in total. The van der Waals surface area contributed by atoms with E-state index in [-0.39, 0.29) is 5.56 Å².